The number of alkyl halides is 3. The molecule has 0 saturated heterocycles. The molecular formula is C14H15F3N2. The van der Waals surface area contributed by atoms with E-state index >= 15 is 0 Å². The Hall–Kier alpha value is -1.62. The number of fused-ring (bicyclic) bond motifs is 1. The second-order valence-electron chi connectivity index (χ2n) is 4.54. The Morgan fingerprint density at radius 1 is 1.21 bits per heavy atom. The summed E-state index contributed by atoms with van der Waals surface area (Å²) in [6, 6.07) is 5.61. The third kappa shape index (κ3) is 3.04. The third-order valence-corrected chi connectivity index (χ3v) is 3.00. The SMILES string of the molecule is Cc1cc(CCCN)c2ccc(C(F)(F)F)cc2n1. The topological polar surface area (TPSA) is 38.9 Å². The van der Waals surface area contributed by atoms with Crippen LogP contribution in [0.2, 0.25) is 0 Å². The molecule has 0 aliphatic rings. The predicted molar refractivity (Wildman–Crippen MR) is 68.9 cm³/mol. The summed E-state index contributed by atoms with van der Waals surface area (Å²) < 4.78 is 38.0. The van der Waals surface area contributed by atoms with E-state index < -0.39 is 11.7 Å². The molecule has 0 aliphatic carbocycles. The Bertz CT molecular complexity index is 591. The van der Waals surface area contributed by atoms with Crippen LogP contribution in [0.4, 0.5) is 13.2 Å². The highest BCUT2D eigenvalue weighted by Crippen LogP contribution is 2.32. The molecule has 0 atom stereocenters. The Morgan fingerprint density at radius 3 is 2.58 bits per heavy atom. The quantitative estimate of drug-likeness (QED) is 0.926. The van der Waals surface area contributed by atoms with Gasteiger partial charge in [0.1, 0.15) is 0 Å². The predicted octanol–water partition coefficient (Wildman–Crippen LogP) is 3.45. The van der Waals surface area contributed by atoms with Gasteiger partial charge in [0.15, 0.2) is 0 Å². The summed E-state index contributed by atoms with van der Waals surface area (Å²) >= 11 is 0. The van der Waals surface area contributed by atoms with Gasteiger partial charge in [0.2, 0.25) is 0 Å². The number of aromatic nitrogens is 1. The van der Waals surface area contributed by atoms with E-state index in [9.17, 15) is 13.2 Å². The summed E-state index contributed by atoms with van der Waals surface area (Å²) in [6.07, 6.45) is -2.78. The number of aryl methyl sites for hydroxylation is 2. The smallest absolute Gasteiger partial charge is 0.330 e. The van der Waals surface area contributed by atoms with Crippen LogP contribution in [0.3, 0.4) is 0 Å². The highest BCUT2D eigenvalue weighted by atomic mass is 19.4. The van der Waals surface area contributed by atoms with Crippen molar-refractivity contribution in [2.75, 3.05) is 6.54 Å². The van der Waals surface area contributed by atoms with Gasteiger partial charge in [-0.1, -0.05) is 6.07 Å². The summed E-state index contributed by atoms with van der Waals surface area (Å²) in [7, 11) is 0. The van der Waals surface area contributed by atoms with Crippen LogP contribution in [0.5, 0.6) is 0 Å². The zero-order valence-electron chi connectivity index (χ0n) is 10.6. The first-order valence-electron chi connectivity index (χ1n) is 6.09. The number of hydrogen-bond donors (Lipinski definition) is 1. The molecule has 0 saturated carbocycles. The van der Waals surface area contributed by atoms with Crippen LogP contribution in [0.1, 0.15) is 23.2 Å². The number of nitrogens with two attached hydrogens (primary N) is 1. The van der Waals surface area contributed by atoms with Crippen molar-refractivity contribution in [2.24, 2.45) is 5.73 Å². The molecule has 19 heavy (non-hydrogen) atoms. The highest BCUT2D eigenvalue weighted by Gasteiger charge is 2.30. The average molecular weight is 268 g/mol. The minimum absolute atomic E-state index is 0.391. The fourth-order valence-electron chi connectivity index (χ4n) is 2.12. The maximum Gasteiger partial charge on any atom is 0.416 e. The van der Waals surface area contributed by atoms with Gasteiger partial charge >= 0.3 is 6.18 Å². The van der Waals surface area contributed by atoms with E-state index in [1.165, 1.54) is 6.07 Å². The van der Waals surface area contributed by atoms with Crippen molar-refractivity contribution in [1.82, 2.24) is 4.98 Å². The van der Waals surface area contributed by atoms with Crippen molar-refractivity contribution in [3.8, 4) is 0 Å². The first kappa shape index (κ1) is 13.8. The highest BCUT2D eigenvalue weighted by molar-refractivity contribution is 5.83. The molecule has 2 aromatic rings. The molecule has 0 radical (unpaired) electrons. The average Bonchev–Trinajstić information content (AvgIpc) is 2.33. The summed E-state index contributed by atoms with van der Waals surface area (Å²) in [5.41, 5.74) is 6.92. The third-order valence-electron chi connectivity index (χ3n) is 3.00. The number of halogens is 3. The van der Waals surface area contributed by atoms with E-state index in [4.69, 9.17) is 5.73 Å². The molecule has 2 rings (SSSR count). The zero-order valence-corrected chi connectivity index (χ0v) is 10.6. The Kier molecular flexibility index (Phi) is 3.75. The van der Waals surface area contributed by atoms with Gasteiger partial charge in [-0.25, -0.2) is 0 Å². The van der Waals surface area contributed by atoms with Crippen molar-refractivity contribution in [2.45, 2.75) is 25.9 Å². The molecule has 0 aliphatic heterocycles. The van der Waals surface area contributed by atoms with E-state index in [1.54, 1.807) is 6.92 Å². The molecule has 1 aromatic carbocycles. The number of rotatable bonds is 3. The maximum absolute atomic E-state index is 12.7. The Balaban J connectivity index is 2.55. The lowest BCUT2D eigenvalue weighted by Crippen LogP contribution is -2.05. The second kappa shape index (κ2) is 5.17. The lowest BCUT2D eigenvalue weighted by atomic mass is 10.0. The van der Waals surface area contributed by atoms with Crippen LogP contribution in [0.15, 0.2) is 24.3 Å². The molecule has 1 aromatic heterocycles. The van der Waals surface area contributed by atoms with Gasteiger partial charge in [-0.05, 0) is 50.1 Å². The maximum atomic E-state index is 12.7. The number of pyridine rings is 1. The fourth-order valence-corrected chi connectivity index (χ4v) is 2.12. The van der Waals surface area contributed by atoms with Gasteiger partial charge in [0.05, 0.1) is 11.1 Å². The second-order valence-corrected chi connectivity index (χ2v) is 4.54. The summed E-state index contributed by atoms with van der Waals surface area (Å²) in [5, 5.41) is 0.770. The van der Waals surface area contributed by atoms with Crippen LogP contribution >= 0.6 is 0 Å². The number of benzene rings is 1. The van der Waals surface area contributed by atoms with E-state index in [0.29, 0.717) is 12.1 Å². The molecule has 0 bridgehead atoms. The van der Waals surface area contributed by atoms with Crippen molar-refractivity contribution >= 4 is 10.9 Å². The van der Waals surface area contributed by atoms with E-state index in [-0.39, 0.29) is 0 Å². The molecule has 0 amide bonds. The molecule has 0 unspecified atom stereocenters. The molecule has 5 heteroatoms. The summed E-state index contributed by atoms with van der Waals surface area (Å²) in [5.74, 6) is 0. The van der Waals surface area contributed by atoms with E-state index in [1.807, 2.05) is 6.07 Å². The van der Waals surface area contributed by atoms with Crippen LogP contribution in [0.25, 0.3) is 10.9 Å². The summed E-state index contributed by atoms with van der Waals surface area (Å²) in [4.78, 5) is 4.19. The number of hydrogen-bond acceptors (Lipinski definition) is 2. The van der Waals surface area contributed by atoms with Crippen molar-refractivity contribution in [1.29, 1.82) is 0 Å². The molecule has 2 N–H and O–H groups in total. The normalized spacial score (nSPS) is 12.1. The van der Waals surface area contributed by atoms with Crippen molar-refractivity contribution < 1.29 is 13.2 Å². The van der Waals surface area contributed by atoms with Gasteiger partial charge in [-0.3, -0.25) is 4.98 Å². The van der Waals surface area contributed by atoms with Gasteiger partial charge in [0, 0.05) is 11.1 Å². The largest absolute Gasteiger partial charge is 0.416 e. The molecule has 1 heterocycles. The van der Waals surface area contributed by atoms with Gasteiger partial charge in [-0.15, -0.1) is 0 Å². The van der Waals surface area contributed by atoms with E-state index in [0.717, 1.165) is 41.6 Å². The molecule has 0 fully saturated rings. The van der Waals surface area contributed by atoms with E-state index in [2.05, 4.69) is 4.98 Å². The van der Waals surface area contributed by atoms with Crippen molar-refractivity contribution in [3.63, 3.8) is 0 Å². The molecule has 0 spiro atoms. The Morgan fingerprint density at radius 2 is 1.95 bits per heavy atom. The van der Waals surface area contributed by atoms with Gasteiger partial charge in [-0.2, -0.15) is 13.2 Å². The molecule has 2 nitrogen and oxygen atoms in total. The lowest BCUT2D eigenvalue weighted by Gasteiger charge is -2.11. The van der Waals surface area contributed by atoms with Gasteiger partial charge in [0.25, 0.3) is 0 Å². The Labute approximate surface area is 109 Å². The summed E-state index contributed by atoms with van der Waals surface area (Å²) in [6.45, 7) is 2.34. The standard InChI is InChI=1S/C14H15F3N2/c1-9-7-10(3-2-6-18)12-5-4-11(14(15,16)17)8-13(12)19-9/h4-5,7-8H,2-3,6,18H2,1H3. The zero-order chi connectivity index (χ0) is 14.0. The first-order valence-corrected chi connectivity index (χ1v) is 6.09. The van der Waals surface area contributed by atoms with Crippen LogP contribution in [-0.2, 0) is 12.6 Å². The lowest BCUT2D eigenvalue weighted by molar-refractivity contribution is -0.137. The molecule has 102 valence electrons. The minimum Gasteiger partial charge on any atom is -0.330 e. The van der Waals surface area contributed by atoms with Crippen LogP contribution in [-0.4, -0.2) is 11.5 Å². The minimum atomic E-state index is -4.34. The van der Waals surface area contributed by atoms with Crippen LogP contribution < -0.4 is 5.73 Å². The van der Waals surface area contributed by atoms with Crippen LogP contribution in [0, 0.1) is 6.92 Å². The monoisotopic (exact) mass is 268 g/mol. The molecular weight excluding hydrogens is 253 g/mol. The fraction of sp³-hybridized carbons (Fsp3) is 0.357. The van der Waals surface area contributed by atoms with Crippen molar-refractivity contribution in [3.05, 3.63) is 41.1 Å². The number of nitrogens with zero attached hydrogens (tertiary/aromatic N) is 1. The van der Waals surface area contributed by atoms with Gasteiger partial charge < -0.3 is 5.73 Å². The first-order chi connectivity index (χ1) is 8.91.